The number of nitrogens with two attached hydrogens (primary N) is 1. The summed E-state index contributed by atoms with van der Waals surface area (Å²) >= 11 is 0. The molecule has 0 bridgehead atoms. The van der Waals surface area contributed by atoms with E-state index in [1.54, 1.807) is 58.3 Å². The second-order valence-corrected chi connectivity index (χ2v) is 12.1. The van der Waals surface area contributed by atoms with Gasteiger partial charge in [0.05, 0.1) is 70.1 Å². The molecule has 2 aromatic heterocycles. The van der Waals surface area contributed by atoms with E-state index >= 15 is 0 Å². The highest BCUT2D eigenvalue weighted by atomic mass is 19.1. The lowest BCUT2D eigenvalue weighted by molar-refractivity contribution is 0.0548. The molecule has 2 saturated heterocycles. The summed E-state index contributed by atoms with van der Waals surface area (Å²) in [6.07, 6.45) is 2.86. The molecule has 54 heavy (non-hydrogen) atoms. The van der Waals surface area contributed by atoms with Crippen molar-refractivity contribution in [3.63, 3.8) is 0 Å². The van der Waals surface area contributed by atoms with Gasteiger partial charge in [-0.25, -0.2) is 23.2 Å². The maximum absolute atomic E-state index is 13.3. The van der Waals surface area contributed by atoms with Crippen molar-refractivity contribution in [3.8, 4) is 0 Å². The van der Waals surface area contributed by atoms with Gasteiger partial charge in [0.1, 0.15) is 11.6 Å². The predicted octanol–water partition coefficient (Wildman–Crippen LogP) is 4.29. The number of aromatic nitrogens is 2. The number of hydrogen-bond acceptors (Lipinski definition) is 10. The topological polar surface area (TPSA) is 161 Å². The molecule has 4 aromatic rings. The minimum atomic E-state index is -0.478. The van der Waals surface area contributed by atoms with E-state index in [0.717, 1.165) is 0 Å². The Kier molecular flexibility index (Phi) is 14.1. The third-order valence-corrected chi connectivity index (χ3v) is 8.52. The number of ketones is 1. The molecule has 2 N–H and O–H groups in total. The normalized spacial score (nSPS) is 14.0. The Bertz CT molecular complexity index is 1720. The van der Waals surface area contributed by atoms with Gasteiger partial charge < -0.3 is 29.7 Å². The van der Waals surface area contributed by atoms with Crippen molar-refractivity contribution in [2.75, 3.05) is 76.1 Å². The number of Topliss-reactive ketones (excluding diaryl/α,β-unsaturated/α-hetero) is 1. The second kappa shape index (κ2) is 19.3. The molecule has 2 aliphatic rings. The number of ether oxygens (including phenoxy) is 3. The zero-order chi connectivity index (χ0) is 38.5. The number of pyridine rings is 2. The van der Waals surface area contributed by atoms with Crippen LogP contribution in [-0.2, 0) is 27.3 Å². The van der Waals surface area contributed by atoms with E-state index in [1.165, 1.54) is 53.6 Å². The fraction of sp³-hybridized carbons (Fsp3) is 0.316. The van der Waals surface area contributed by atoms with E-state index < -0.39 is 5.97 Å². The van der Waals surface area contributed by atoms with Gasteiger partial charge in [0.25, 0.3) is 0 Å². The lowest BCUT2D eigenvalue weighted by Crippen LogP contribution is -2.48. The molecule has 0 aliphatic carbocycles. The van der Waals surface area contributed by atoms with Crippen LogP contribution in [0.2, 0.25) is 0 Å². The molecule has 2 aliphatic heterocycles. The van der Waals surface area contributed by atoms with Crippen LogP contribution in [0.4, 0.5) is 29.7 Å². The first-order valence-electron chi connectivity index (χ1n) is 17.2. The molecule has 0 unspecified atom stereocenters. The van der Waals surface area contributed by atoms with Crippen molar-refractivity contribution in [1.29, 1.82) is 0 Å². The van der Waals surface area contributed by atoms with Gasteiger partial charge in [-0.05, 0) is 72.8 Å². The number of halogens is 2. The predicted molar refractivity (Wildman–Crippen MR) is 194 cm³/mol. The Morgan fingerprint density at radius 1 is 0.667 bits per heavy atom. The van der Waals surface area contributed by atoms with Gasteiger partial charge in [0.15, 0.2) is 5.78 Å². The zero-order valence-corrected chi connectivity index (χ0v) is 29.7. The zero-order valence-electron chi connectivity index (χ0n) is 29.7. The number of carbonyl (C=O) groups excluding carboxylic acids is 4. The van der Waals surface area contributed by atoms with E-state index in [2.05, 4.69) is 14.7 Å². The summed E-state index contributed by atoms with van der Waals surface area (Å²) in [7, 11) is 1.30. The molecule has 284 valence electrons. The fourth-order valence-electron chi connectivity index (χ4n) is 5.51. The molecular weight excluding hydrogens is 704 g/mol. The van der Waals surface area contributed by atoms with E-state index in [0.29, 0.717) is 86.5 Å². The largest absolute Gasteiger partial charge is 0.465 e. The Morgan fingerprint density at radius 3 is 1.43 bits per heavy atom. The van der Waals surface area contributed by atoms with Crippen LogP contribution in [0.15, 0.2) is 85.2 Å². The minimum absolute atomic E-state index is 0.0851. The quantitative estimate of drug-likeness (QED) is 0.194. The number of rotatable bonds is 9. The van der Waals surface area contributed by atoms with Crippen LogP contribution in [0.25, 0.3) is 0 Å². The molecule has 4 amide bonds. The van der Waals surface area contributed by atoms with Crippen molar-refractivity contribution in [3.05, 3.63) is 119 Å². The molecule has 14 nitrogen and oxygen atoms in total. The number of morpholine rings is 2. The first kappa shape index (κ1) is 39.4. The summed E-state index contributed by atoms with van der Waals surface area (Å²) < 4.78 is 41.9. The molecule has 0 radical (unpaired) electrons. The van der Waals surface area contributed by atoms with Crippen molar-refractivity contribution in [1.82, 2.24) is 19.8 Å². The van der Waals surface area contributed by atoms with Crippen LogP contribution in [0.3, 0.4) is 0 Å². The summed E-state index contributed by atoms with van der Waals surface area (Å²) in [5.74, 6) is -1.43. The summed E-state index contributed by atoms with van der Waals surface area (Å²) in [4.78, 5) is 64.2. The first-order chi connectivity index (χ1) is 26.2. The molecular formula is C38H41F2N7O7. The van der Waals surface area contributed by atoms with Gasteiger partial charge in [0.2, 0.25) is 0 Å². The minimum Gasteiger partial charge on any atom is -0.465 e. The van der Waals surface area contributed by atoms with Gasteiger partial charge in [-0.1, -0.05) is 0 Å². The summed E-state index contributed by atoms with van der Waals surface area (Å²) in [5.41, 5.74) is 8.44. The molecule has 16 heteroatoms. The number of benzene rings is 2. The molecule has 2 fully saturated rings. The highest BCUT2D eigenvalue weighted by Gasteiger charge is 2.26. The number of urea groups is 2. The Labute approximate surface area is 311 Å². The standard InChI is InChI=1S/C19H21FN4O3.C19H20FN3O4/c20-15-2-5-17(6-3-15)24(19(26)23-7-9-27-10-8-23)13-16-4-1-14(12-22-16)18(25)11-21;1-26-18(24)14-2-5-16(21-12-14)13-23(17-6-3-15(20)4-7-17)19(25)22-8-10-27-11-9-22/h1-6,12H,7-11,13,21H2;2-7,12H,8-11,13H2,1H3. The lowest BCUT2D eigenvalue weighted by atomic mass is 10.1. The number of hydrogen-bond donors (Lipinski definition) is 1. The van der Waals surface area contributed by atoms with Crippen molar-refractivity contribution in [2.24, 2.45) is 5.73 Å². The van der Waals surface area contributed by atoms with Gasteiger partial charge >= 0.3 is 18.0 Å². The van der Waals surface area contributed by atoms with Crippen molar-refractivity contribution >= 4 is 35.2 Å². The molecule has 0 atom stereocenters. The monoisotopic (exact) mass is 745 g/mol. The Morgan fingerprint density at radius 2 is 1.07 bits per heavy atom. The van der Waals surface area contributed by atoms with Crippen LogP contribution in [-0.4, -0.2) is 110 Å². The molecule has 4 heterocycles. The maximum Gasteiger partial charge on any atom is 0.339 e. The van der Waals surface area contributed by atoms with Crippen LogP contribution in [0, 0.1) is 11.6 Å². The highest BCUT2D eigenvalue weighted by molar-refractivity contribution is 5.97. The number of carbonyl (C=O) groups is 4. The van der Waals surface area contributed by atoms with E-state index in [1.807, 2.05) is 0 Å². The highest BCUT2D eigenvalue weighted by Crippen LogP contribution is 2.22. The molecule has 0 spiro atoms. The van der Waals surface area contributed by atoms with Gasteiger partial charge in [-0.2, -0.15) is 0 Å². The van der Waals surface area contributed by atoms with Crippen molar-refractivity contribution < 1.29 is 42.2 Å². The number of anilines is 2. The number of esters is 1. The summed E-state index contributed by atoms with van der Waals surface area (Å²) in [5, 5.41) is 0. The van der Waals surface area contributed by atoms with Crippen LogP contribution >= 0.6 is 0 Å². The third-order valence-electron chi connectivity index (χ3n) is 8.52. The second-order valence-electron chi connectivity index (χ2n) is 12.1. The molecule has 2 aromatic carbocycles. The van der Waals surface area contributed by atoms with E-state index in [9.17, 15) is 28.0 Å². The number of nitrogens with zero attached hydrogens (tertiary/aromatic N) is 6. The summed E-state index contributed by atoms with van der Waals surface area (Å²) in [6.45, 7) is 4.19. The molecule has 0 saturated carbocycles. The average Bonchev–Trinajstić information content (AvgIpc) is 3.23. The van der Waals surface area contributed by atoms with Gasteiger partial charge in [-0.3, -0.25) is 24.6 Å². The Balaban J connectivity index is 0.000000208. The smallest absolute Gasteiger partial charge is 0.339 e. The first-order valence-corrected chi connectivity index (χ1v) is 17.2. The number of methoxy groups -OCH3 is 1. The van der Waals surface area contributed by atoms with Crippen LogP contribution in [0.5, 0.6) is 0 Å². The van der Waals surface area contributed by atoms with E-state index in [4.69, 9.17) is 15.2 Å². The van der Waals surface area contributed by atoms with Crippen molar-refractivity contribution in [2.45, 2.75) is 13.1 Å². The fourth-order valence-corrected chi connectivity index (χ4v) is 5.51. The lowest BCUT2D eigenvalue weighted by Gasteiger charge is -2.33. The average molecular weight is 746 g/mol. The van der Waals surface area contributed by atoms with Crippen LogP contribution in [0.1, 0.15) is 32.1 Å². The van der Waals surface area contributed by atoms with Gasteiger partial charge in [-0.15, -0.1) is 0 Å². The maximum atomic E-state index is 13.3. The SMILES string of the molecule is COC(=O)c1ccc(CN(C(=O)N2CCOCC2)c2ccc(F)cc2)nc1.NCC(=O)c1ccc(CN(C(=O)N2CCOCC2)c2ccc(F)cc2)nc1. The van der Waals surface area contributed by atoms with Crippen LogP contribution < -0.4 is 15.5 Å². The third kappa shape index (κ3) is 10.6. The Hall–Kier alpha value is -5.84. The van der Waals surface area contributed by atoms with E-state index in [-0.39, 0.29) is 49.1 Å². The summed E-state index contributed by atoms with van der Waals surface area (Å²) in [6, 6.07) is 17.6. The van der Waals surface area contributed by atoms with Gasteiger partial charge in [0, 0.05) is 55.5 Å². The number of amides is 4. The molecule has 6 rings (SSSR count).